The number of aryl methyl sites for hydroxylation is 1. The Labute approximate surface area is 319 Å². The van der Waals surface area contributed by atoms with Crippen LogP contribution in [0.25, 0.3) is 44.5 Å². The van der Waals surface area contributed by atoms with E-state index in [9.17, 15) is 9.59 Å². The molecule has 13 heteroatoms. The number of carbonyl (C=O) groups excluding carboxylic acids is 2. The zero-order valence-corrected chi connectivity index (χ0v) is 32.0. The summed E-state index contributed by atoms with van der Waals surface area (Å²) in [6, 6.07) is 18.4. The lowest BCUT2D eigenvalue weighted by Gasteiger charge is -2.36. The zero-order valence-electron chi connectivity index (χ0n) is 30.5. The number of amides is 2. The zero-order chi connectivity index (χ0) is 37.2. The third-order valence-electron chi connectivity index (χ3n) is 10.5. The number of likely N-dealkylation sites (tertiary alicyclic amines) is 1. The molecular weight excluding hydrogens is 711 g/mol. The highest BCUT2D eigenvalue weighted by Crippen LogP contribution is 2.42. The smallest absolute Gasteiger partial charge is 0.220 e. The first kappa shape index (κ1) is 36.8. The summed E-state index contributed by atoms with van der Waals surface area (Å²) in [5.74, 6) is 0.753. The molecule has 0 saturated carbocycles. The van der Waals surface area contributed by atoms with Crippen LogP contribution < -0.4 is 15.4 Å². The Hall–Kier alpha value is -4.55. The van der Waals surface area contributed by atoms with Gasteiger partial charge in [0.1, 0.15) is 0 Å². The molecule has 2 aliphatic rings. The van der Waals surface area contributed by atoms with Gasteiger partial charge in [0.25, 0.3) is 0 Å². The molecule has 2 aromatic carbocycles. The van der Waals surface area contributed by atoms with Gasteiger partial charge in [-0.05, 0) is 44.5 Å². The highest BCUT2D eigenvalue weighted by molar-refractivity contribution is 6.39. The van der Waals surface area contributed by atoms with Gasteiger partial charge in [0.15, 0.2) is 0 Å². The molecule has 53 heavy (non-hydrogen) atoms. The fraction of sp³-hybridized carbons (Fsp3) is 0.375. The van der Waals surface area contributed by atoms with Crippen molar-refractivity contribution in [1.82, 2.24) is 40.2 Å². The molecule has 5 aromatic rings. The molecule has 2 saturated heterocycles. The van der Waals surface area contributed by atoms with Crippen molar-refractivity contribution in [1.29, 1.82) is 0 Å². The van der Waals surface area contributed by atoms with E-state index in [0.717, 1.165) is 76.8 Å². The molecule has 0 aliphatic carbocycles. The number of piperidine rings is 1. The van der Waals surface area contributed by atoms with Crippen LogP contribution >= 0.6 is 23.2 Å². The number of fused-ring (bicyclic) bond motifs is 1. The molecule has 11 nitrogen and oxygen atoms in total. The Morgan fingerprint density at radius 3 is 2.55 bits per heavy atom. The van der Waals surface area contributed by atoms with Gasteiger partial charge >= 0.3 is 0 Å². The Morgan fingerprint density at radius 1 is 1.04 bits per heavy atom. The molecule has 1 atom stereocenters. The number of methoxy groups -OCH3 is 1. The third kappa shape index (κ3) is 7.75. The number of halogens is 2. The van der Waals surface area contributed by atoms with Crippen LogP contribution in [-0.4, -0.2) is 87.2 Å². The topological polar surface area (TPSA) is 118 Å². The van der Waals surface area contributed by atoms with Crippen LogP contribution in [0.2, 0.25) is 10.0 Å². The monoisotopic (exact) mass is 754 g/mol. The van der Waals surface area contributed by atoms with E-state index in [1.165, 1.54) is 0 Å². The SMILES string of the molecule is COc1nc(-c2cccc(-c3ccnc(-c4ccc5c(CN(C)C6CCN(C(C)=O)CC6)nn(C)c5c4)c3Cl)c2Cl)ccc1CNC[C@H]1CCC(=O)N1. The lowest BCUT2D eigenvalue weighted by atomic mass is 9.99. The molecule has 7 rings (SSSR count). The van der Waals surface area contributed by atoms with Crippen molar-refractivity contribution in [3.63, 3.8) is 0 Å². The summed E-state index contributed by atoms with van der Waals surface area (Å²) in [4.78, 5) is 37.1. The maximum atomic E-state index is 11.8. The van der Waals surface area contributed by atoms with Gasteiger partial charge in [0.05, 0.1) is 39.8 Å². The van der Waals surface area contributed by atoms with E-state index in [1.54, 1.807) is 20.2 Å². The van der Waals surface area contributed by atoms with Gasteiger partial charge in [-0.1, -0.05) is 59.6 Å². The van der Waals surface area contributed by atoms with Crippen LogP contribution in [0.5, 0.6) is 5.88 Å². The molecule has 2 N–H and O–H groups in total. The number of carbonyl (C=O) groups is 2. The van der Waals surface area contributed by atoms with E-state index in [-0.39, 0.29) is 17.9 Å². The molecule has 0 unspecified atom stereocenters. The molecule has 2 aliphatic heterocycles. The predicted molar refractivity (Wildman–Crippen MR) is 209 cm³/mol. The standard InChI is InChI=1S/C40H44Cl2N8O3/c1-24(51)50-18-15-28(16-19-50)48(2)23-34-31-11-8-25(20-35(31)49(3)47-34)39-38(42)30(14-17-44-39)29-6-5-7-32(37(29)41)33-12-9-26(40(46-33)53-4)21-43-22-27-10-13-36(52)45-27/h5-9,11-12,14,17,20,27-28,43H,10,13,15-16,18-19,21-23H2,1-4H3,(H,45,52)/t27-/m1/s1. The average molecular weight is 756 g/mol. The minimum Gasteiger partial charge on any atom is -0.481 e. The lowest BCUT2D eigenvalue weighted by Crippen LogP contribution is -2.44. The summed E-state index contributed by atoms with van der Waals surface area (Å²) in [5.41, 5.74) is 7.40. The fourth-order valence-electron chi connectivity index (χ4n) is 7.52. The van der Waals surface area contributed by atoms with Crippen LogP contribution in [0.1, 0.15) is 43.9 Å². The van der Waals surface area contributed by atoms with Gasteiger partial charge < -0.3 is 20.3 Å². The molecule has 5 heterocycles. The van der Waals surface area contributed by atoms with Crippen molar-refractivity contribution in [2.75, 3.05) is 33.8 Å². The maximum Gasteiger partial charge on any atom is 0.220 e. The lowest BCUT2D eigenvalue weighted by molar-refractivity contribution is -0.130. The van der Waals surface area contributed by atoms with Crippen LogP contribution in [0, 0.1) is 0 Å². The minimum atomic E-state index is 0.101. The second kappa shape index (κ2) is 15.8. The number of nitrogens with one attached hydrogen (secondary N) is 2. The van der Waals surface area contributed by atoms with Gasteiger partial charge in [-0.3, -0.25) is 24.2 Å². The van der Waals surface area contributed by atoms with Crippen molar-refractivity contribution in [2.24, 2.45) is 7.05 Å². The van der Waals surface area contributed by atoms with Crippen molar-refractivity contribution >= 4 is 45.9 Å². The van der Waals surface area contributed by atoms with E-state index in [1.807, 2.05) is 59.1 Å². The van der Waals surface area contributed by atoms with Crippen molar-refractivity contribution in [3.05, 3.63) is 82.1 Å². The first-order valence-corrected chi connectivity index (χ1v) is 18.8. The first-order valence-electron chi connectivity index (χ1n) is 18.0. The number of aromatic nitrogens is 4. The number of hydrogen-bond donors (Lipinski definition) is 2. The van der Waals surface area contributed by atoms with Gasteiger partial charge in [-0.25, -0.2) is 4.98 Å². The first-order chi connectivity index (χ1) is 25.6. The molecule has 2 amide bonds. The van der Waals surface area contributed by atoms with E-state index >= 15 is 0 Å². The summed E-state index contributed by atoms with van der Waals surface area (Å²) in [5, 5.41) is 13.4. The molecule has 2 fully saturated rings. The number of hydrogen-bond acceptors (Lipinski definition) is 8. The summed E-state index contributed by atoms with van der Waals surface area (Å²) in [6.07, 6.45) is 5.07. The van der Waals surface area contributed by atoms with Gasteiger partial charge in [0.2, 0.25) is 17.7 Å². The van der Waals surface area contributed by atoms with Crippen LogP contribution in [0.3, 0.4) is 0 Å². The number of benzene rings is 2. The summed E-state index contributed by atoms with van der Waals surface area (Å²) in [6.45, 7) is 5.17. The summed E-state index contributed by atoms with van der Waals surface area (Å²) < 4.78 is 7.58. The summed E-state index contributed by atoms with van der Waals surface area (Å²) >= 11 is 14.3. The van der Waals surface area contributed by atoms with Crippen LogP contribution in [0.4, 0.5) is 0 Å². The highest BCUT2D eigenvalue weighted by Gasteiger charge is 2.25. The normalized spacial score (nSPS) is 16.5. The van der Waals surface area contributed by atoms with Crippen molar-refractivity contribution in [3.8, 4) is 39.5 Å². The Kier molecular flexibility index (Phi) is 11.0. The summed E-state index contributed by atoms with van der Waals surface area (Å²) in [7, 11) is 5.70. The molecule has 276 valence electrons. The molecular formula is C40H44Cl2N8O3. The third-order valence-corrected chi connectivity index (χ3v) is 11.3. The van der Waals surface area contributed by atoms with E-state index in [0.29, 0.717) is 59.4 Å². The second-order valence-electron chi connectivity index (χ2n) is 13.9. The van der Waals surface area contributed by atoms with Crippen LogP contribution in [0.15, 0.2) is 60.8 Å². The van der Waals surface area contributed by atoms with E-state index in [4.69, 9.17) is 43.0 Å². The molecule has 3 aromatic heterocycles. The Balaban J connectivity index is 1.11. The molecule has 0 radical (unpaired) electrons. The van der Waals surface area contributed by atoms with Gasteiger partial charge in [0, 0.05) is 105 Å². The number of nitrogens with zero attached hydrogens (tertiary/aromatic N) is 6. The average Bonchev–Trinajstić information content (AvgIpc) is 3.72. The Bertz CT molecular complexity index is 2160. The van der Waals surface area contributed by atoms with Gasteiger partial charge in [-0.15, -0.1) is 0 Å². The quantitative estimate of drug-likeness (QED) is 0.157. The van der Waals surface area contributed by atoms with Gasteiger partial charge in [-0.2, -0.15) is 5.10 Å². The van der Waals surface area contributed by atoms with Crippen molar-refractivity contribution in [2.45, 2.75) is 57.8 Å². The second-order valence-corrected chi connectivity index (χ2v) is 14.7. The fourth-order valence-corrected chi connectivity index (χ4v) is 8.16. The maximum absolute atomic E-state index is 11.8. The predicted octanol–water partition coefficient (Wildman–Crippen LogP) is 6.49. The van der Waals surface area contributed by atoms with E-state index in [2.05, 4.69) is 34.7 Å². The largest absolute Gasteiger partial charge is 0.481 e. The molecule has 0 spiro atoms. The highest BCUT2D eigenvalue weighted by atomic mass is 35.5. The number of ether oxygens (including phenoxy) is 1. The van der Waals surface area contributed by atoms with Crippen LogP contribution in [-0.2, 0) is 29.7 Å². The molecule has 0 bridgehead atoms. The minimum absolute atomic E-state index is 0.101. The van der Waals surface area contributed by atoms with E-state index < -0.39 is 0 Å². The Morgan fingerprint density at radius 2 is 1.81 bits per heavy atom. The van der Waals surface area contributed by atoms with Crippen molar-refractivity contribution < 1.29 is 14.3 Å². The number of rotatable bonds is 11. The number of pyridine rings is 2.